The lowest BCUT2D eigenvalue weighted by molar-refractivity contribution is -0.135. The average molecular weight is 334 g/mol. The number of hydrogen-bond acceptors (Lipinski definition) is 4. The monoisotopic (exact) mass is 333 g/mol. The minimum Gasteiger partial charge on any atom is -0.378 e. The molecule has 1 heterocycles. The van der Waals surface area contributed by atoms with Crippen molar-refractivity contribution in [3.8, 4) is 0 Å². The third kappa shape index (κ3) is 5.11. The molecule has 0 aromatic heterocycles. The Kier molecular flexibility index (Phi) is 7.59. The Labute approximate surface area is 138 Å². The van der Waals surface area contributed by atoms with Gasteiger partial charge in [0.25, 0.3) is 0 Å². The molecule has 2 unspecified atom stereocenters. The normalized spacial score (nSPS) is 28.6. The highest BCUT2D eigenvalue weighted by Gasteiger charge is 2.37. The first-order chi connectivity index (χ1) is 10.0. The molecule has 7 heteroatoms. The average Bonchev–Trinajstić information content (AvgIpc) is 2.47. The molecule has 1 saturated carbocycles. The molecule has 0 aromatic rings. The van der Waals surface area contributed by atoms with E-state index in [0.29, 0.717) is 39.3 Å². The van der Waals surface area contributed by atoms with Gasteiger partial charge in [-0.3, -0.25) is 9.59 Å². The van der Waals surface area contributed by atoms with Gasteiger partial charge in [0.15, 0.2) is 0 Å². The maximum Gasteiger partial charge on any atom is 0.224 e. The number of carbonyl (C=O) groups excluding carboxylic acids is 2. The molecule has 1 aliphatic carbocycles. The van der Waals surface area contributed by atoms with Crippen molar-refractivity contribution in [2.24, 2.45) is 11.7 Å². The Morgan fingerprint density at radius 1 is 1.32 bits per heavy atom. The predicted molar refractivity (Wildman–Crippen MR) is 86.8 cm³/mol. The van der Waals surface area contributed by atoms with Gasteiger partial charge >= 0.3 is 0 Å². The van der Waals surface area contributed by atoms with Crippen LogP contribution in [0.15, 0.2) is 0 Å². The summed E-state index contributed by atoms with van der Waals surface area (Å²) in [6, 6.07) is 0. The summed E-state index contributed by atoms with van der Waals surface area (Å²) in [4.78, 5) is 26.0. The van der Waals surface area contributed by atoms with E-state index in [-0.39, 0.29) is 30.1 Å². The minimum atomic E-state index is -0.420. The molecular weight excluding hydrogens is 306 g/mol. The highest BCUT2D eigenvalue weighted by Crippen LogP contribution is 2.31. The summed E-state index contributed by atoms with van der Waals surface area (Å²) < 4.78 is 5.22. The smallest absolute Gasteiger partial charge is 0.224 e. The number of morpholine rings is 1. The van der Waals surface area contributed by atoms with E-state index < -0.39 is 5.54 Å². The van der Waals surface area contributed by atoms with Crippen molar-refractivity contribution in [1.29, 1.82) is 0 Å². The molecule has 0 aromatic carbocycles. The van der Waals surface area contributed by atoms with Crippen LogP contribution in [0.2, 0.25) is 0 Å². The first-order valence-corrected chi connectivity index (χ1v) is 7.93. The third-order valence-corrected chi connectivity index (χ3v) is 4.57. The highest BCUT2D eigenvalue weighted by molar-refractivity contribution is 5.85. The van der Waals surface area contributed by atoms with Gasteiger partial charge in [0.1, 0.15) is 0 Å². The fourth-order valence-corrected chi connectivity index (χ4v) is 3.18. The van der Waals surface area contributed by atoms with Gasteiger partial charge in [0.2, 0.25) is 11.8 Å². The molecule has 2 fully saturated rings. The van der Waals surface area contributed by atoms with Crippen LogP contribution in [0.1, 0.15) is 39.0 Å². The second-order valence-corrected chi connectivity index (χ2v) is 6.34. The Bertz CT molecular complexity index is 384. The van der Waals surface area contributed by atoms with Crippen molar-refractivity contribution in [3.05, 3.63) is 0 Å². The van der Waals surface area contributed by atoms with Crippen LogP contribution in [0, 0.1) is 5.92 Å². The van der Waals surface area contributed by atoms with Gasteiger partial charge in [0.05, 0.1) is 19.1 Å². The van der Waals surface area contributed by atoms with E-state index in [4.69, 9.17) is 10.5 Å². The molecule has 0 radical (unpaired) electrons. The Balaban J connectivity index is 0.00000242. The summed E-state index contributed by atoms with van der Waals surface area (Å²) in [5, 5.41) is 2.88. The summed E-state index contributed by atoms with van der Waals surface area (Å²) in [7, 11) is 0. The fraction of sp³-hybridized carbons (Fsp3) is 0.867. The topological polar surface area (TPSA) is 84.7 Å². The predicted octanol–water partition coefficient (Wildman–Crippen LogP) is 0.681. The lowest BCUT2D eigenvalue weighted by Crippen LogP contribution is -2.53. The first-order valence-electron chi connectivity index (χ1n) is 7.93. The minimum absolute atomic E-state index is 0. The number of ether oxygens (including phenoxy) is 1. The van der Waals surface area contributed by atoms with E-state index >= 15 is 0 Å². The van der Waals surface area contributed by atoms with E-state index in [1.54, 1.807) is 4.90 Å². The largest absolute Gasteiger partial charge is 0.378 e. The number of nitrogens with one attached hydrogen (secondary N) is 1. The second kappa shape index (κ2) is 8.70. The number of rotatable bonds is 4. The van der Waals surface area contributed by atoms with Crippen LogP contribution in [0.4, 0.5) is 0 Å². The van der Waals surface area contributed by atoms with E-state index in [1.807, 2.05) is 6.92 Å². The number of carbonyl (C=O) groups is 2. The summed E-state index contributed by atoms with van der Waals surface area (Å²) in [6.45, 7) is 4.85. The van der Waals surface area contributed by atoms with E-state index in [0.717, 1.165) is 25.7 Å². The van der Waals surface area contributed by atoms with Crippen LogP contribution < -0.4 is 11.1 Å². The molecule has 0 bridgehead atoms. The maximum absolute atomic E-state index is 12.2. The van der Waals surface area contributed by atoms with Gasteiger partial charge in [0, 0.05) is 31.6 Å². The number of amides is 2. The zero-order valence-corrected chi connectivity index (χ0v) is 14.1. The van der Waals surface area contributed by atoms with Crippen molar-refractivity contribution in [1.82, 2.24) is 10.2 Å². The van der Waals surface area contributed by atoms with Gasteiger partial charge in [-0.05, 0) is 19.8 Å². The second-order valence-electron chi connectivity index (χ2n) is 6.34. The van der Waals surface area contributed by atoms with Gasteiger partial charge in [-0.25, -0.2) is 0 Å². The van der Waals surface area contributed by atoms with Crippen molar-refractivity contribution in [2.75, 3.05) is 32.8 Å². The lowest BCUT2D eigenvalue weighted by atomic mass is 9.74. The number of nitrogens with two attached hydrogens (primary N) is 1. The lowest BCUT2D eigenvalue weighted by Gasteiger charge is -2.37. The van der Waals surface area contributed by atoms with Crippen LogP contribution in [0.3, 0.4) is 0 Å². The Hall–Kier alpha value is -0.850. The molecule has 6 nitrogen and oxygen atoms in total. The van der Waals surface area contributed by atoms with Crippen LogP contribution in [0.5, 0.6) is 0 Å². The summed E-state index contributed by atoms with van der Waals surface area (Å²) in [5.41, 5.74) is 5.80. The number of hydrogen-bond donors (Lipinski definition) is 2. The van der Waals surface area contributed by atoms with Crippen molar-refractivity contribution in [3.63, 3.8) is 0 Å². The Morgan fingerprint density at radius 3 is 2.64 bits per heavy atom. The molecule has 1 aliphatic heterocycles. The third-order valence-electron chi connectivity index (χ3n) is 4.57. The van der Waals surface area contributed by atoms with Crippen molar-refractivity contribution < 1.29 is 14.3 Å². The van der Waals surface area contributed by atoms with Crippen LogP contribution in [-0.4, -0.2) is 55.1 Å². The molecule has 2 amide bonds. The first kappa shape index (κ1) is 19.2. The molecule has 2 atom stereocenters. The van der Waals surface area contributed by atoms with Gasteiger partial charge in [-0.1, -0.05) is 12.8 Å². The van der Waals surface area contributed by atoms with Crippen molar-refractivity contribution in [2.45, 2.75) is 44.6 Å². The van der Waals surface area contributed by atoms with E-state index in [9.17, 15) is 9.59 Å². The molecule has 3 N–H and O–H groups in total. The molecule has 2 rings (SSSR count). The molecular formula is C15H28ClN3O3. The van der Waals surface area contributed by atoms with Crippen molar-refractivity contribution >= 4 is 24.2 Å². The number of nitrogens with zero attached hydrogens (tertiary/aromatic N) is 1. The fourth-order valence-electron chi connectivity index (χ4n) is 3.18. The molecule has 2 aliphatic rings. The van der Waals surface area contributed by atoms with E-state index in [1.165, 1.54) is 0 Å². The van der Waals surface area contributed by atoms with Gasteiger partial charge in [-0.15, -0.1) is 12.4 Å². The standard InChI is InChI=1S/C15H27N3O3.ClH/c1-15(16)6-3-2-4-12(15)14(20)17-7-5-13(19)18-8-10-21-11-9-18;/h12H,2-11,16H2,1H3,(H,17,20);1H. The van der Waals surface area contributed by atoms with Gasteiger partial charge in [-0.2, -0.15) is 0 Å². The zero-order chi connectivity index (χ0) is 15.3. The highest BCUT2D eigenvalue weighted by atomic mass is 35.5. The summed E-state index contributed by atoms with van der Waals surface area (Å²) in [6.07, 6.45) is 4.22. The Morgan fingerprint density at radius 2 is 2.00 bits per heavy atom. The van der Waals surface area contributed by atoms with Gasteiger partial charge < -0.3 is 20.7 Å². The van der Waals surface area contributed by atoms with Crippen LogP contribution in [-0.2, 0) is 14.3 Å². The molecule has 1 saturated heterocycles. The van der Waals surface area contributed by atoms with Crippen LogP contribution in [0.25, 0.3) is 0 Å². The molecule has 0 spiro atoms. The van der Waals surface area contributed by atoms with Crippen LogP contribution >= 0.6 is 12.4 Å². The molecule has 128 valence electrons. The maximum atomic E-state index is 12.2. The quantitative estimate of drug-likeness (QED) is 0.792. The van der Waals surface area contributed by atoms with E-state index in [2.05, 4.69) is 5.32 Å². The number of halogens is 1. The molecule has 22 heavy (non-hydrogen) atoms. The summed E-state index contributed by atoms with van der Waals surface area (Å²) in [5.74, 6) is -0.0584. The SMILES string of the molecule is CC1(N)CCCCC1C(=O)NCCC(=O)N1CCOCC1.Cl. The summed E-state index contributed by atoms with van der Waals surface area (Å²) >= 11 is 0. The zero-order valence-electron chi connectivity index (χ0n) is 13.3.